The van der Waals surface area contributed by atoms with Crippen LogP contribution in [0.3, 0.4) is 0 Å². The lowest BCUT2D eigenvalue weighted by Gasteiger charge is -2.23. The number of hydrogen-bond acceptors (Lipinski definition) is 6. The van der Waals surface area contributed by atoms with Crippen LogP contribution in [0, 0.1) is 11.8 Å². The average Bonchev–Trinajstić information content (AvgIpc) is 2.75. The molecule has 0 saturated heterocycles. The summed E-state index contributed by atoms with van der Waals surface area (Å²) in [6.07, 6.45) is 3.15. The molecule has 1 saturated carbocycles. The molecule has 0 radical (unpaired) electrons. The molecule has 0 spiro atoms. The van der Waals surface area contributed by atoms with Gasteiger partial charge >= 0.3 is 5.97 Å². The lowest BCUT2D eigenvalue weighted by Crippen LogP contribution is -2.27. The molecule has 0 heterocycles. The number of carbonyl (C=O) groups excluding carboxylic acids is 2. The third-order valence-electron chi connectivity index (χ3n) is 5.11. The van der Waals surface area contributed by atoms with Crippen molar-refractivity contribution in [1.82, 2.24) is 0 Å². The molecule has 0 atom stereocenters. The predicted octanol–water partition coefficient (Wildman–Crippen LogP) is 4.03. The fourth-order valence-corrected chi connectivity index (χ4v) is 4.53. The standard InChI is InChI=1S/C22H23NO5S/c1-16-12-14-18(15-13-16)22(25)28-23-21(20(24)17-8-4-2-5-9-17)29(26,27)19-10-6-3-7-11-19/h2-11,16,18H,12-15H2,1H3/b23-21-. The van der Waals surface area contributed by atoms with E-state index < -0.39 is 26.6 Å². The number of nitrogens with zero attached hydrogens (tertiary/aromatic N) is 1. The van der Waals surface area contributed by atoms with E-state index in [0.29, 0.717) is 18.8 Å². The van der Waals surface area contributed by atoms with Crippen LogP contribution in [-0.4, -0.2) is 25.2 Å². The Morgan fingerprint density at radius 2 is 1.45 bits per heavy atom. The molecule has 152 valence electrons. The molecule has 1 fully saturated rings. The zero-order valence-electron chi connectivity index (χ0n) is 16.2. The Balaban J connectivity index is 1.91. The first-order valence-electron chi connectivity index (χ1n) is 9.58. The Morgan fingerprint density at radius 1 is 0.897 bits per heavy atom. The van der Waals surface area contributed by atoms with E-state index in [9.17, 15) is 18.0 Å². The summed E-state index contributed by atoms with van der Waals surface area (Å²) < 4.78 is 26.1. The average molecular weight is 413 g/mol. The highest BCUT2D eigenvalue weighted by molar-refractivity contribution is 8.08. The monoisotopic (exact) mass is 413 g/mol. The molecular formula is C22H23NO5S. The Bertz CT molecular complexity index is 992. The van der Waals surface area contributed by atoms with Crippen LogP contribution in [0.25, 0.3) is 0 Å². The maximum Gasteiger partial charge on any atom is 0.338 e. The van der Waals surface area contributed by atoms with Crippen LogP contribution < -0.4 is 0 Å². The second-order valence-electron chi connectivity index (χ2n) is 7.28. The van der Waals surface area contributed by atoms with Gasteiger partial charge in [-0.05, 0) is 43.7 Å². The zero-order valence-corrected chi connectivity index (χ0v) is 17.0. The van der Waals surface area contributed by atoms with Crippen molar-refractivity contribution in [2.75, 3.05) is 0 Å². The summed E-state index contributed by atoms with van der Waals surface area (Å²) in [7, 11) is -4.26. The number of sulfone groups is 1. The number of benzene rings is 2. The van der Waals surface area contributed by atoms with Crippen LogP contribution in [0.1, 0.15) is 43.0 Å². The maximum atomic E-state index is 13.0. The number of hydrogen-bond donors (Lipinski definition) is 0. The number of carbonyl (C=O) groups is 2. The van der Waals surface area contributed by atoms with Gasteiger partial charge in [0.05, 0.1) is 10.8 Å². The zero-order chi connectivity index (χ0) is 20.9. The second kappa shape index (κ2) is 9.13. The van der Waals surface area contributed by atoms with Crippen molar-refractivity contribution < 1.29 is 22.8 Å². The molecule has 2 aromatic carbocycles. The van der Waals surface area contributed by atoms with Gasteiger partial charge in [-0.2, -0.15) is 0 Å². The summed E-state index contributed by atoms with van der Waals surface area (Å²) in [5.41, 5.74) is 0.147. The maximum absolute atomic E-state index is 13.0. The van der Waals surface area contributed by atoms with Crippen molar-refractivity contribution in [3.63, 3.8) is 0 Å². The van der Waals surface area contributed by atoms with Crippen LogP contribution >= 0.6 is 0 Å². The molecule has 0 unspecified atom stereocenters. The van der Waals surface area contributed by atoms with Crippen molar-refractivity contribution in [2.45, 2.75) is 37.5 Å². The highest BCUT2D eigenvalue weighted by Crippen LogP contribution is 2.29. The molecule has 2 aromatic rings. The third kappa shape index (κ3) is 4.98. The van der Waals surface area contributed by atoms with Gasteiger partial charge in [-0.1, -0.05) is 60.6 Å². The van der Waals surface area contributed by atoms with Crippen LogP contribution in [0.15, 0.2) is 70.7 Å². The Hall–Kier alpha value is -2.80. The summed E-state index contributed by atoms with van der Waals surface area (Å²) in [5, 5.41) is 2.77. The van der Waals surface area contributed by atoms with Crippen molar-refractivity contribution in [2.24, 2.45) is 17.0 Å². The van der Waals surface area contributed by atoms with E-state index in [4.69, 9.17) is 4.84 Å². The van der Waals surface area contributed by atoms with Crippen molar-refractivity contribution in [1.29, 1.82) is 0 Å². The first-order chi connectivity index (χ1) is 13.9. The second-order valence-corrected chi connectivity index (χ2v) is 9.14. The predicted molar refractivity (Wildman–Crippen MR) is 109 cm³/mol. The molecule has 3 rings (SSSR count). The Morgan fingerprint density at radius 3 is 2.03 bits per heavy atom. The van der Waals surface area contributed by atoms with Crippen molar-refractivity contribution in [3.8, 4) is 0 Å². The molecule has 6 nitrogen and oxygen atoms in total. The lowest BCUT2D eigenvalue weighted by atomic mass is 9.83. The van der Waals surface area contributed by atoms with Gasteiger partial charge in [0, 0.05) is 5.56 Å². The van der Waals surface area contributed by atoms with E-state index >= 15 is 0 Å². The molecular weight excluding hydrogens is 390 g/mol. The SMILES string of the molecule is CC1CCC(C(=O)O/N=C(/C(=O)c2ccccc2)S(=O)(=O)c2ccccc2)CC1. The van der Waals surface area contributed by atoms with Gasteiger partial charge in [0.2, 0.25) is 20.7 Å². The summed E-state index contributed by atoms with van der Waals surface area (Å²) in [6.45, 7) is 2.13. The molecule has 1 aliphatic carbocycles. The first-order valence-corrected chi connectivity index (χ1v) is 11.1. The molecule has 7 heteroatoms. The minimum absolute atomic E-state index is 0.0921. The topological polar surface area (TPSA) is 89.9 Å². The summed E-state index contributed by atoms with van der Waals surface area (Å²) >= 11 is 0. The lowest BCUT2D eigenvalue weighted by molar-refractivity contribution is -0.149. The highest BCUT2D eigenvalue weighted by atomic mass is 32.2. The van der Waals surface area contributed by atoms with E-state index in [-0.39, 0.29) is 16.4 Å². The molecule has 0 N–H and O–H groups in total. The van der Waals surface area contributed by atoms with Gasteiger partial charge in [-0.15, -0.1) is 0 Å². The van der Waals surface area contributed by atoms with Gasteiger partial charge in [-0.25, -0.2) is 13.2 Å². The van der Waals surface area contributed by atoms with Crippen molar-refractivity contribution in [3.05, 3.63) is 66.2 Å². The molecule has 1 aliphatic rings. The number of ketones is 1. The fraction of sp³-hybridized carbons (Fsp3) is 0.318. The number of rotatable bonds is 5. The minimum atomic E-state index is -4.26. The van der Waals surface area contributed by atoms with E-state index in [0.717, 1.165) is 12.8 Å². The molecule has 29 heavy (non-hydrogen) atoms. The van der Waals surface area contributed by atoms with Crippen LogP contribution in [0.4, 0.5) is 0 Å². The summed E-state index contributed by atoms with van der Waals surface area (Å²) in [6, 6.07) is 15.4. The van der Waals surface area contributed by atoms with Gasteiger partial charge < -0.3 is 4.84 Å². The van der Waals surface area contributed by atoms with Crippen molar-refractivity contribution >= 4 is 26.6 Å². The largest absolute Gasteiger partial charge is 0.338 e. The van der Waals surface area contributed by atoms with Gasteiger partial charge in [0.25, 0.3) is 0 Å². The van der Waals surface area contributed by atoms with Crippen LogP contribution in [0.5, 0.6) is 0 Å². The van der Waals surface area contributed by atoms with Gasteiger partial charge in [0.15, 0.2) is 0 Å². The normalized spacial score (nSPS) is 20.1. The smallest absolute Gasteiger partial charge is 0.317 e. The molecule has 0 amide bonds. The minimum Gasteiger partial charge on any atom is -0.317 e. The molecule has 0 aliphatic heterocycles. The number of Topliss-reactive ketones (excluding diaryl/α,β-unsaturated/α-hetero) is 1. The van der Waals surface area contributed by atoms with E-state index in [1.165, 1.54) is 24.3 Å². The third-order valence-corrected chi connectivity index (χ3v) is 6.77. The Kier molecular flexibility index (Phi) is 6.59. The first kappa shape index (κ1) is 20.9. The fourth-order valence-electron chi connectivity index (χ4n) is 3.29. The van der Waals surface area contributed by atoms with E-state index in [2.05, 4.69) is 12.1 Å². The molecule has 0 aromatic heterocycles. The van der Waals surface area contributed by atoms with Crippen LogP contribution in [-0.2, 0) is 19.5 Å². The Labute approximate surface area is 170 Å². The van der Waals surface area contributed by atoms with Gasteiger partial charge in [-0.3, -0.25) is 4.79 Å². The highest BCUT2D eigenvalue weighted by Gasteiger charge is 2.32. The van der Waals surface area contributed by atoms with E-state index in [1.807, 2.05) is 0 Å². The number of oxime groups is 1. The molecule has 0 bridgehead atoms. The summed E-state index contributed by atoms with van der Waals surface area (Å²) in [5.74, 6) is -1.20. The quantitative estimate of drug-likeness (QED) is 0.243. The van der Waals surface area contributed by atoms with Crippen LogP contribution in [0.2, 0.25) is 0 Å². The van der Waals surface area contributed by atoms with E-state index in [1.54, 1.807) is 36.4 Å². The van der Waals surface area contributed by atoms with Gasteiger partial charge in [0.1, 0.15) is 0 Å². The summed E-state index contributed by atoms with van der Waals surface area (Å²) in [4.78, 5) is 30.2.